The van der Waals surface area contributed by atoms with Crippen molar-refractivity contribution in [3.8, 4) is 0 Å². The van der Waals surface area contributed by atoms with Gasteiger partial charge in [-0.2, -0.15) is 0 Å². The molecule has 1 heterocycles. The molecule has 14 heavy (non-hydrogen) atoms. The molecule has 0 bridgehead atoms. The van der Waals surface area contributed by atoms with Gasteiger partial charge in [0.05, 0.1) is 12.3 Å². The number of rotatable bonds is 3. The molecule has 3 nitrogen and oxygen atoms in total. The number of aliphatic hydroxyl groups is 1. The number of aromatic nitrogens is 2. The topological polar surface area (TPSA) is 46.0 Å². The number of hydrogen-bond donors (Lipinski definition) is 1. The van der Waals surface area contributed by atoms with Crippen LogP contribution in [0.25, 0.3) is 0 Å². The van der Waals surface area contributed by atoms with E-state index < -0.39 is 10.6 Å². The maximum absolute atomic E-state index is 13.4. The normalized spacial score (nSPS) is 11.8. The minimum Gasteiger partial charge on any atom is -0.395 e. The zero-order valence-electron chi connectivity index (χ0n) is 8.41. The zero-order chi connectivity index (χ0) is 10.8. The number of thioether (sulfide) groups is 1. The molecule has 0 aliphatic rings. The van der Waals surface area contributed by atoms with Gasteiger partial charge in [-0.3, -0.25) is 0 Å². The molecule has 0 saturated carbocycles. The first-order valence-corrected chi connectivity index (χ1v) is 5.05. The molecule has 0 aliphatic heterocycles. The van der Waals surface area contributed by atoms with Gasteiger partial charge >= 0.3 is 0 Å². The summed E-state index contributed by atoms with van der Waals surface area (Å²) in [6, 6.07) is 0. The van der Waals surface area contributed by atoms with Crippen LogP contribution < -0.4 is 0 Å². The predicted molar refractivity (Wildman–Crippen MR) is 53.7 cm³/mol. The van der Waals surface area contributed by atoms with Crippen LogP contribution in [0.5, 0.6) is 0 Å². The third-order valence-electron chi connectivity index (χ3n) is 1.69. The van der Waals surface area contributed by atoms with Crippen LogP contribution in [-0.2, 0) is 0 Å². The first kappa shape index (κ1) is 11.4. The molecule has 1 aromatic rings. The van der Waals surface area contributed by atoms with Gasteiger partial charge in [0.25, 0.3) is 0 Å². The molecule has 0 atom stereocenters. The van der Waals surface area contributed by atoms with Crippen LogP contribution in [0.15, 0.2) is 11.4 Å². The van der Waals surface area contributed by atoms with Crippen LogP contribution in [0, 0.1) is 12.7 Å². The maximum Gasteiger partial charge on any atom is 0.176 e. The van der Waals surface area contributed by atoms with Crippen LogP contribution in [0.1, 0.15) is 19.5 Å². The van der Waals surface area contributed by atoms with Crippen molar-refractivity contribution in [2.24, 2.45) is 0 Å². The van der Waals surface area contributed by atoms with Gasteiger partial charge < -0.3 is 5.11 Å². The number of halogens is 1. The second-order valence-electron chi connectivity index (χ2n) is 3.60. The van der Waals surface area contributed by atoms with E-state index in [1.54, 1.807) is 6.92 Å². The molecule has 0 aliphatic carbocycles. The number of aryl methyl sites for hydroxylation is 1. The average Bonchev–Trinajstić information content (AvgIpc) is 2.13. The van der Waals surface area contributed by atoms with E-state index in [1.165, 1.54) is 18.1 Å². The Morgan fingerprint density at radius 3 is 2.71 bits per heavy atom. The Hall–Kier alpha value is -0.680. The van der Waals surface area contributed by atoms with Crippen molar-refractivity contribution < 1.29 is 9.50 Å². The Balaban J connectivity index is 2.92. The van der Waals surface area contributed by atoms with E-state index in [4.69, 9.17) is 5.11 Å². The van der Waals surface area contributed by atoms with E-state index in [-0.39, 0.29) is 11.6 Å². The molecule has 0 saturated heterocycles. The Morgan fingerprint density at radius 1 is 1.50 bits per heavy atom. The molecule has 0 unspecified atom stereocenters. The van der Waals surface area contributed by atoms with Crippen molar-refractivity contribution in [1.29, 1.82) is 0 Å². The summed E-state index contributed by atoms with van der Waals surface area (Å²) in [6.45, 7) is 5.22. The van der Waals surface area contributed by atoms with E-state index >= 15 is 0 Å². The molecule has 0 spiro atoms. The fraction of sp³-hybridized carbons (Fsp3) is 0.556. The molecule has 1 aromatic heterocycles. The SMILES string of the molecule is Cc1ncnc(SC(C)(C)CO)c1F. The fourth-order valence-corrected chi connectivity index (χ4v) is 1.73. The van der Waals surface area contributed by atoms with Crippen molar-refractivity contribution in [2.75, 3.05) is 6.61 Å². The minimum atomic E-state index is -0.429. The molecule has 0 radical (unpaired) electrons. The fourth-order valence-electron chi connectivity index (χ4n) is 0.801. The van der Waals surface area contributed by atoms with E-state index in [0.717, 1.165) is 0 Å². The first-order valence-electron chi connectivity index (χ1n) is 4.23. The summed E-state index contributed by atoms with van der Waals surface area (Å²) in [5.41, 5.74) is 0.330. The molecule has 78 valence electrons. The largest absolute Gasteiger partial charge is 0.395 e. The summed E-state index contributed by atoms with van der Waals surface area (Å²) in [5, 5.41) is 9.32. The van der Waals surface area contributed by atoms with E-state index in [2.05, 4.69) is 9.97 Å². The van der Waals surface area contributed by atoms with Gasteiger partial charge in [0.1, 0.15) is 11.4 Å². The molecular weight excluding hydrogens is 203 g/mol. The standard InChI is InChI=1S/C9H13FN2OS/c1-6-7(10)8(12-5-11-6)14-9(2,3)4-13/h5,13H,4H2,1-3H3. The Morgan fingerprint density at radius 2 is 2.14 bits per heavy atom. The van der Waals surface area contributed by atoms with Gasteiger partial charge in [-0.25, -0.2) is 14.4 Å². The van der Waals surface area contributed by atoms with Crippen LogP contribution >= 0.6 is 11.8 Å². The highest BCUT2D eigenvalue weighted by atomic mass is 32.2. The van der Waals surface area contributed by atoms with Gasteiger partial charge in [0.15, 0.2) is 5.82 Å². The van der Waals surface area contributed by atoms with Gasteiger partial charge in [-0.1, -0.05) is 11.8 Å². The summed E-state index contributed by atoms with van der Waals surface area (Å²) in [7, 11) is 0. The second kappa shape index (κ2) is 4.23. The third kappa shape index (κ3) is 2.65. The van der Waals surface area contributed by atoms with Crippen molar-refractivity contribution in [1.82, 2.24) is 9.97 Å². The van der Waals surface area contributed by atoms with Crippen molar-refractivity contribution in [2.45, 2.75) is 30.5 Å². The van der Waals surface area contributed by atoms with Crippen molar-refractivity contribution in [3.05, 3.63) is 17.8 Å². The predicted octanol–water partition coefficient (Wildman–Crippen LogP) is 1.79. The highest BCUT2D eigenvalue weighted by molar-refractivity contribution is 8.00. The highest BCUT2D eigenvalue weighted by Gasteiger charge is 2.21. The van der Waals surface area contributed by atoms with Crippen LogP contribution in [0.2, 0.25) is 0 Å². The van der Waals surface area contributed by atoms with Crippen LogP contribution in [0.4, 0.5) is 4.39 Å². The smallest absolute Gasteiger partial charge is 0.176 e. The maximum atomic E-state index is 13.4. The van der Waals surface area contributed by atoms with Gasteiger partial charge in [0.2, 0.25) is 0 Å². The summed E-state index contributed by atoms with van der Waals surface area (Å²) in [4.78, 5) is 7.57. The number of nitrogens with zero attached hydrogens (tertiary/aromatic N) is 2. The first-order chi connectivity index (χ1) is 6.46. The van der Waals surface area contributed by atoms with Crippen LogP contribution in [-0.4, -0.2) is 26.4 Å². The summed E-state index contributed by atoms with van der Waals surface area (Å²) in [6.07, 6.45) is 1.33. The molecule has 5 heteroatoms. The number of hydrogen-bond acceptors (Lipinski definition) is 4. The summed E-state index contributed by atoms with van der Waals surface area (Å²) < 4.78 is 13.0. The summed E-state index contributed by atoms with van der Waals surface area (Å²) in [5.74, 6) is -0.404. The van der Waals surface area contributed by atoms with Gasteiger partial charge in [-0.15, -0.1) is 0 Å². The lowest BCUT2D eigenvalue weighted by Gasteiger charge is -2.20. The highest BCUT2D eigenvalue weighted by Crippen LogP contribution is 2.32. The number of aliphatic hydroxyl groups excluding tert-OH is 1. The summed E-state index contributed by atoms with van der Waals surface area (Å²) >= 11 is 1.21. The van der Waals surface area contributed by atoms with E-state index in [0.29, 0.717) is 5.69 Å². The molecule has 0 aromatic carbocycles. The molecule has 0 fully saturated rings. The minimum absolute atomic E-state index is 0.0276. The zero-order valence-corrected chi connectivity index (χ0v) is 9.23. The molecule has 0 amide bonds. The quantitative estimate of drug-likeness (QED) is 0.618. The van der Waals surface area contributed by atoms with Crippen molar-refractivity contribution >= 4 is 11.8 Å². The Bertz CT molecular complexity index is 331. The molecule has 1 rings (SSSR count). The van der Waals surface area contributed by atoms with E-state index in [9.17, 15) is 4.39 Å². The molecular formula is C9H13FN2OS. The second-order valence-corrected chi connectivity index (χ2v) is 5.29. The molecule has 1 N–H and O–H groups in total. The Kier molecular flexibility index (Phi) is 3.44. The lowest BCUT2D eigenvalue weighted by atomic mass is 10.2. The van der Waals surface area contributed by atoms with Crippen LogP contribution in [0.3, 0.4) is 0 Å². The average molecular weight is 216 g/mol. The van der Waals surface area contributed by atoms with Crippen molar-refractivity contribution in [3.63, 3.8) is 0 Å². The van der Waals surface area contributed by atoms with Gasteiger partial charge in [-0.05, 0) is 20.8 Å². The lowest BCUT2D eigenvalue weighted by Crippen LogP contribution is -2.20. The monoisotopic (exact) mass is 216 g/mol. The lowest BCUT2D eigenvalue weighted by molar-refractivity contribution is 0.264. The van der Waals surface area contributed by atoms with E-state index in [1.807, 2.05) is 13.8 Å². The third-order valence-corrected chi connectivity index (χ3v) is 2.85. The van der Waals surface area contributed by atoms with Gasteiger partial charge in [0, 0.05) is 4.75 Å². The Labute approximate surface area is 86.8 Å².